The van der Waals surface area contributed by atoms with Gasteiger partial charge in [-0.25, -0.2) is 0 Å². The maximum absolute atomic E-state index is 12.7. The van der Waals surface area contributed by atoms with Crippen LogP contribution in [0.25, 0.3) is 0 Å². The molecular formula is C46H78N2O36. The van der Waals surface area contributed by atoms with Crippen LogP contribution in [0.4, 0.5) is 0 Å². The van der Waals surface area contributed by atoms with E-state index >= 15 is 0 Å². The van der Waals surface area contributed by atoms with Gasteiger partial charge in [-0.05, 0) is 0 Å². The zero-order valence-corrected chi connectivity index (χ0v) is 44.7. The van der Waals surface area contributed by atoms with Crippen LogP contribution >= 0.6 is 0 Å². The van der Waals surface area contributed by atoms with Gasteiger partial charge in [-0.3, -0.25) is 9.59 Å². The highest BCUT2D eigenvalue weighted by molar-refractivity contribution is 5.73. The third-order valence-corrected chi connectivity index (χ3v) is 15.3. The van der Waals surface area contributed by atoms with Gasteiger partial charge in [0.05, 0.1) is 46.2 Å². The number of aliphatic hydroxyl groups excluding tert-OH is 21. The van der Waals surface area contributed by atoms with Gasteiger partial charge >= 0.3 is 0 Å². The highest BCUT2D eigenvalue weighted by Gasteiger charge is 2.58. The Morgan fingerprint density at radius 1 is 0.310 bits per heavy atom. The van der Waals surface area contributed by atoms with E-state index < -0.39 is 273 Å². The lowest BCUT2D eigenvalue weighted by atomic mass is 9.94. The first-order valence-electron chi connectivity index (χ1n) is 26.6. The second kappa shape index (κ2) is 29.9. The molecule has 38 nitrogen and oxygen atoms in total. The van der Waals surface area contributed by atoms with E-state index in [0.29, 0.717) is 0 Å². The smallest absolute Gasteiger partial charge is 0.217 e. The fraction of sp³-hybridized carbons (Fsp3) is 0.957. The molecule has 488 valence electrons. The van der Waals surface area contributed by atoms with E-state index in [9.17, 15) is 117 Å². The fourth-order valence-electron chi connectivity index (χ4n) is 10.6. The quantitative estimate of drug-likeness (QED) is 0.0507. The average molecular weight is 1240 g/mol. The van der Waals surface area contributed by atoms with Gasteiger partial charge in [0, 0.05) is 13.8 Å². The number of nitrogens with one attached hydrogen (secondary N) is 2. The zero-order chi connectivity index (χ0) is 61.9. The molecule has 7 heterocycles. The third kappa shape index (κ3) is 14.9. The molecule has 0 aromatic rings. The van der Waals surface area contributed by atoms with E-state index in [1.54, 1.807) is 0 Å². The summed E-state index contributed by atoms with van der Waals surface area (Å²) in [5.74, 6) is -1.62. The van der Waals surface area contributed by atoms with Crippen LogP contribution in [0.1, 0.15) is 13.8 Å². The molecule has 7 fully saturated rings. The van der Waals surface area contributed by atoms with Gasteiger partial charge in [-0.2, -0.15) is 0 Å². The number of aliphatic hydroxyl groups is 21. The van der Waals surface area contributed by atoms with Crippen LogP contribution < -0.4 is 10.6 Å². The molecule has 0 unspecified atom stereocenters. The monoisotopic (exact) mass is 1230 g/mol. The van der Waals surface area contributed by atoms with Crippen LogP contribution in [0.15, 0.2) is 0 Å². The first-order valence-corrected chi connectivity index (χ1v) is 26.6. The molecule has 0 aliphatic carbocycles. The van der Waals surface area contributed by atoms with Crippen LogP contribution in [0.5, 0.6) is 0 Å². The molecule has 23 N–H and O–H groups in total. The summed E-state index contributed by atoms with van der Waals surface area (Å²) >= 11 is 0. The molecule has 84 heavy (non-hydrogen) atoms. The molecule has 7 rings (SSSR count). The molecule has 0 aromatic heterocycles. The maximum Gasteiger partial charge on any atom is 0.217 e. The summed E-state index contributed by atoms with van der Waals surface area (Å²) in [6.45, 7) is -4.79. The minimum absolute atomic E-state index is 0.744. The van der Waals surface area contributed by atoms with Gasteiger partial charge in [0.25, 0.3) is 0 Å². The minimum atomic E-state index is -2.44. The number of amides is 2. The van der Waals surface area contributed by atoms with Gasteiger partial charge in [0.2, 0.25) is 11.8 Å². The van der Waals surface area contributed by atoms with Gasteiger partial charge in [-0.1, -0.05) is 0 Å². The summed E-state index contributed by atoms with van der Waals surface area (Å²) in [6, 6.07) is -3.40. The topological polar surface area (TPSA) is 603 Å². The first kappa shape index (κ1) is 69.1. The van der Waals surface area contributed by atoms with Crippen molar-refractivity contribution in [2.45, 2.75) is 229 Å². The molecule has 7 aliphatic heterocycles. The molecule has 0 aromatic carbocycles. The lowest BCUT2D eigenvalue weighted by Crippen LogP contribution is -2.70. The van der Waals surface area contributed by atoms with Crippen LogP contribution in [0.3, 0.4) is 0 Å². The molecule has 0 radical (unpaired) electrons. The van der Waals surface area contributed by atoms with Crippen LogP contribution in [-0.2, 0) is 71.2 Å². The predicted octanol–water partition coefficient (Wildman–Crippen LogP) is -16.0. The van der Waals surface area contributed by atoms with E-state index in [-0.39, 0.29) is 0 Å². The second-order valence-electron chi connectivity index (χ2n) is 21.1. The van der Waals surface area contributed by atoms with Crippen molar-refractivity contribution in [1.29, 1.82) is 0 Å². The van der Waals surface area contributed by atoms with E-state index in [0.717, 1.165) is 13.8 Å². The van der Waals surface area contributed by atoms with E-state index in [1.807, 2.05) is 0 Å². The van der Waals surface area contributed by atoms with E-state index in [4.69, 9.17) is 61.6 Å². The van der Waals surface area contributed by atoms with Crippen LogP contribution in [0, 0.1) is 0 Å². The summed E-state index contributed by atoms with van der Waals surface area (Å²) in [5, 5.41) is 231. The molecular weight excluding hydrogens is 1160 g/mol. The Morgan fingerprint density at radius 2 is 0.643 bits per heavy atom. The molecule has 0 saturated carbocycles. The zero-order valence-electron chi connectivity index (χ0n) is 44.7. The van der Waals surface area contributed by atoms with Crippen molar-refractivity contribution in [1.82, 2.24) is 10.6 Å². The number of ether oxygens (including phenoxy) is 13. The summed E-state index contributed by atoms with van der Waals surface area (Å²) in [6.07, 6.45) is -65.9. The highest BCUT2D eigenvalue weighted by Crippen LogP contribution is 2.37. The Balaban J connectivity index is 1.21. The standard InChI is InChI=1S/C46H78N2O36/c1-10(54)47-19-26(61)36(15(6-52)74-40(19)71)81-41-20(48-11(2)55)27(62)37(16(7-53)78-41)82-45-35(70)38(25(60)18(79-45)9-73-43-33(68)29(64)22(57)13(4-50)76-43)83-46-39(84-44-34(69)30(65)23(58)14(5-51)77-44)31(66)24(59)17(80-46)8-72-42-32(67)28(63)21(56)12(3-49)75-42/h12-46,49-53,56-71H,3-9H2,1-2H3,(H,47,54)(H,48,55)/t12-,13-,14-,15-,16-,17-,18-,19-,20-,21-,22-,23-,24-,25-,26-,27-,28+,29+,30+,31+,32+,33+,34+,35+,36-,37-,38+,39+,40-,41+,42+,43+,44-,45+,46-/m1/s1. The van der Waals surface area contributed by atoms with Gasteiger partial charge in [0.15, 0.2) is 44.0 Å². The number of hydrogen-bond acceptors (Lipinski definition) is 36. The molecule has 0 bridgehead atoms. The molecule has 38 heteroatoms. The van der Waals surface area contributed by atoms with Crippen molar-refractivity contribution in [3.05, 3.63) is 0 Å². The van der Waals surface area contributed by atoms with Crippen LogP contribution in [0.2, 0.25) is 0 Å². The maximum atomic E-state index is 12.7. The summed E-state index contributed by atoms with van der Waals surface area (Å²) < 4.78 is 74.7. The molecule has 2 amide bonds. The number of carbonyl (C=O) groups is 2. The van der Waals surface area contributed by atoms with Gasteiger partial charge < -0.3 is 179 Å². The van der Waals surface area contributed by atoms with Crippen molar-refractivity contribution >= 4 is 11.8 Å². The minimum Gasteiger partial charge on any atom is -0.394 e. The molecule has 0 spiro atoms. The van der Waals surface area contributed by atoms with Gasteiger partial charge in [-0.15, -0.1) is 0 Å². The highest BCUT2D eigenvalue weighted by atomic mass is 16.8. The Bertz CT molecular complexity index is 2060. The van der Waals surface area contributed by atoms with Gasteiger partial charge in [0.1, 0.15) is 171 Å². The molecule has 7 saturated heterocycles. The van der Waals surface area contributed by atoms with E-state index in [2.05, 4.69) is 10.6 Å². The summed E-state index contributed by atoms with van der Waals surface area (Å²) in [7, 11) is 0. The number of carbonyl (C=O) groups excluding carboxylic acids is 2. The fourth-order valence-corrected chi connectivity index (χ4v) is 10.6. The lowest BCUT2D eigenvalue weighted by Gasteiger charge is -2.51. The van der Waals surface area contributed by atoms with E-state index in [1.165, 1.54) is 0 Å². The SMILES string of the molecule is CC(=O)N[C@@H]1[C@@H](O)[C@H](O[C@@H]2O[C@H](CO)[C@@H](O[C@@H]3O[C@H](CO[C@H]4O[C@H](CO)[C@@H](O)[C@H](O)[C@@H]4O)[C@@H](O)[C@H](O[C@H]4O[C@H](CO[C@H]5O[C@H](CO)[C@@H](O)[C@H](O)[C@@H]5O)[C@@H](O)[C@H](O)[C@@H]4O[C@H]4O[C@H](CO)[C@@H](O)[C@H](O)[C@@H]4O)[C@@H]3O)[C@H](O)[C@H]2NC(C)=O)[C@@H](CO)O[C@H]1O. The second-order valence-corrected chi connectivity index (χ2v) is 21.1. The Hall–Kier alpha value is -2.42. The molecule has 7 aliphatic rings. The number of hydrogen-bond donors (Lipinski definition) is 23. The van der Waals surface area contributed by atoms with Crippen molar-refractivity contribution in [3.8, 4) is 0 Å². The van der Waals surface area contributed by atoms with Crippen molar-refractivity contribution in [2.75, 3.05) is 46.2 Å². The predicted molar refractivity (Wildman–Crippen MR) is 255 cm³/mol. The number of rotatable bonds is 21. The summed E-state index contributed by atoms with van der Waals surface area (Å²) in [4.78, 5) is 24.7. The first-order chi connectivity index (χ1) is 39.7. The Morgan fingerprint density at radius 3 is 1.12 bits per heavy atom. The van der Waals surface area contributed by atoms with Crippen molar-refractivity contribution in [3.63, 3.8) is 0 Å². The average Bonchev–Trinajstić information content (AvgIpc) is 1.77. The largest absolute Gasteiger partial charge is 0.394 e. The molecule has 35 atom stereocenters. The Labute approximate surface area is 475 Å². The van der Waals surface area contributed by atoms with Crippen molar-refractivity contribution < 1.29 is 178 Å². The normalized spacial score (nSPS) is 50.3. The Kier molecular flexibility index (Phi) is 24.6. The third-order valence-electron chi connectivity index (χ3n) is 15.3. The summed E-state index contributed by atoms with van der Waals surface area (Å²) in [5.41, 5.74) is 0. The van der Waals surface area contributed by atoms with Crippen molar-refractivity contribution in [2.24, 2.45) is 0 Å². The van der Waals surface area contributed by atoms with Crippen LogP contribution in [-0.4, -0.2) is 380 Å². The lowest BCUT2D eigenvalue weighted by molar-refractivity contribution is -0.400.